The third-order valence-electron chi connectivity index (χ3n) is 1.78. The summed E-state index contributed by atoms with van der Waals surface area (Å²) < 4.78 is 0. The van der Waals surface area contributed by atoms with Crippen molar-refractivity contribution >= 4 is 17.8 Å². The molecule has 0 aromatic carbocycles. The fraction of sp³-hybridized carbons (Fsp3) is 0.500. The number of hydrogen-bond donors (Lipinski definition) is 1. The van der Waals surface area contributed by atoms with Crippen LogP contribution in [-0.4, -0.2) is 16.0 Å². The number of nitrogens with zero attached hydrogens (tertiary/aromatic N) is 1. The lowest BCUT2D eigenvalue weighted by Crippen LogP contribution is -1.80. The molecule has 1 aromatic rings. The zero-order valence-electron chi connectivity index (χ0n) is 8.21. The number of rotatable bonds is 5. The van der Waals surface area contributed by atoms with Crippen LogP contribution in [0.4, 0.5) is 0 Å². The van der Waals surface area contributed by atoms with Crippen LogP contribution in [0.5, 0.6) is 0 Å². The highest BCUT2D eigenvalue weighted by Gasteiger charge is 1.97. The summed E-state index contributed by atoms with van der Waals surface area (Å²) in [5.41, 5.74) is 2.36. The minimum Gasteiger partial charge on any atom is -0.285 e. The highest BCUT2D eigenvalue weighted by Crippen LogP contribution is 2.11. The van der Waals surface area contributed by atoms with Gasteiger partial charge in [0.25, 0.3) is 0 Å². The second kappa shape index (κ2) is 5.86. The van der Waals surface area contributed by atoms with E-state index < -0.39 is 0 Å². The minimum atomic E-state index is 1.04. The molecular weight excluding hydrogens is 180 g/mol. The van der Waals surface area contributed by atoms with E-state index in [1.807, 2.05) is 18.0 Å². The average molecular weight is 196 g/mol. The van der Waals surface area contributed by atoms with Gasteiger partial charge >= 0.3 is 0 Å². The lowest BCUT2D eigenvalue weighted by atomic mass is 10.2. The molecule has 2 nitrogen and oxygen atoms in total. The molecule has 0 saturated heterocycles. The quantitative estimate of drug-likeness (QED) is 0.733. The van der Waals surface area contributed by atoms with Gasteiger partial charge in [0.2, 0.25) is 0 Å². The summed E-state index contributed by atoms with van der Waals surface area (Å²) >= 11 is 1.84. The molecule has 0 atom stereocenters. The van der Waals surface area contributed by atoms with Gasteiger partial charge in [0.15, 0.2) is 0 Å². The monoisotopic (exact) mass is 196 g/mol. The summed E-state index contributed by atoms with van der Waals surface area (Å²) in [5.74, 6) is 1.18. The fourth-order valence-electron chi connectivity index (χ4n) is 1.05. The van der Waals surface area contributed by atoms with Crippen molar-refractivity contribution in [1.82, 2.24) is 10.2 Å². The van der Waals surface area contributed by atoms with E-state index in [0.717, 1.165) is 12.1 Å². The molecule has 1 N–H and O–H groups in total. The van der Waals surface area contributed by atoms with Gasteiger partial charge in [-0.15, -0.1) is 11.8 Å². The molecule has 72 valence electrons. The van der Waals surface area contributed by atoms with Crippen LogP contribution in [0.3, 0.4) is 0 Å². The molecule has 1 heterocycles. The number of aromatic amines is 1. The van der Waals surface area contributed by atoms with E-state index in [1.54, 1.807) is 0 Å². The summed E-state index contributed by atoms with van der Waals surface area (Å²) in [5, 5.41) is 9.16. The Morgan fingerprint density at radius 2 is 2.38 bits per heavy atom. The number of hydrogen-bond acceptors (Lipinski definition) is 2. The first kappa shape index (κ1) is 10.4. The first-order chi connectivity index (χ1) is 6.38. The van der Waals surface area contributed by atoms with Crippen LogP contribution in [-0.2, 0) is 6.42 Å². The van der Waals surface area contributed by atoms with E-state index in [2.05, 4.69) is 35.5 Å². The van der Waals surface area contributed by atoms with Crippen molar-refractivity contribution in [3.8, 4) is 0 Å². The van der Waals surface area contributed by atoms with Gasteiger partial charge < -0.3 is 0 Å². The van der Waals surface area contributed by atoms with E-state index in [-0.39, 0.29) is 0 Å². The topological polar surface area (TPSA) is 28.7 Å². The lowest BCUT2D eigenvalue weighted by Gasteiger charge is -1.91. The first-order valence-electron chi connectivity index (χ1n) is 4.69. The standard InChI is InChI=1S/C10H16N2S/c1-3-6-13-7-5-10-9(4-2)8-11-12-10/h5,7-8H,3-4,6H2,1-2H3,(H,11,12). The van der Waals surface area contributed by atoms with Crippen molar-refractivity contribution in [1.29, 1.82) is 0 Å². The zero-order valence-corrected chi connectivity index (χ0v) is 9.03. The molecule has 0 fully saturated rings. The van der Waals surface area contributed by atoms with Crippen molar-refractivity contribution in [3.63, 3.8) is 0 Å². The zero-order chi connectivity index (χ0) is 9.52. The molecule has 0 spiro atoms. The SMILES string of the molecule is CCCSC=Cc1n[nH]cc1CC. The van der Waals surface area contributed by atoms with Crippen LogP contribution in [0.25, 0.3) is 6.08 Å². The molecule has 0 amide bonds. The summed E-state index contributed by atoms with van der Waals surface area (Å²) in [4.78, 5) is 0. The van der Waals surface area contributed by atoms with Crippen LogP contribution in [0, 0.1) is 0 Å². The number of aromatic nitrogens is 2. The Bertz CT molecular complexity index is 266. The van der Waals surface area contributed by atoms with Crippen molar-refractivity contribution < 1.29 is 0 Å². The molecule has 1 aromatic heterocycles. The van der Waals surface area contributed by atoms with Gasteiger partial charge in [0.1, 0.15) is 0 Å². The molecule has 1 rings (SSSR count). The summed E-state index contributed by atoms with van der Waals surface area (Å²) in [6.45, 7) is 4.33. The molecule has 0 aliphatic carbocycles. The molecule has 0 unspecified atom stereocenters. The predicted molar refractivity (Wildman–Crippen MR) is 59.7 cm³/mol. The van der Waals surface area contributed by atoms with Crippen LogP contribution in [0.1, 0.15) is 31.5 Å². The van der Waals surface area contributed by atoms with E-state index in [4.69, 9.17) is 0 Å². The fourth-order valence-corrected chi connectivity index (χ4v) is 1.65. The number of aryl methyl sites for hydroxylation is 1. The van der Waals surface area contributed by atoms with Crippen molar-refractivity contribution in [2.75, 3.05) is 5.75 Å². The van der Waals surface area contributed by atoms with Gasteiger partial charge in [-0.3, -0.25) is 5.10 Å². The summed E-state index contributed by atoms with van der Waals surface area (Å²) in [6.07, 6.45) is 6.30. The minimum absolute atomic E-state index is 1.04. The molecule has 0 bridgehead atoms. The Kier molecular flexibility index (Phi) is 4.68. The van der Waals surface area contributed by atoms with Crippen LogP contribution >= 0.6 is 11.8 Å². The van der Waals surface area contributed by atoms with Crippen LogP contribution < -0.4 is 0 Å². The van der Waals surface area contributed by atoms with E-state index in [9.17, 15) is 0 Å². The molecule has 3 heteroatoms. The molecule has 13 heavy (non-hydrogen) atoms. The van der Waals surface area contributed by atoms with Gasteiger partial charge in [0, 0.05) is 6.20 Å². The Morgan fingerprint density at radius 1 is 1.54 bits per heavy atom. The Balaban J connectivity index is 2.47. The maximum Gasteiger partial charge on any atom is 0.0885 e. The average Bonchev–Trinajstić information content (AvgIpc) is 2.60. The van der Waals surface area contributed by atoms with Crippen LogP contribution in [0.2, 0.25) is 0 Å². The maximum absolute atomic E-state index is 4.16. The second-order valence-corrected chi connectivity index (χ2v) is 3.84. The highest BCUT2D eigenvalue weighted by molar-refractivity contribution is 8.02. The Morgan fingerprint density at radius 3 is 3.08 bits per heavy atom. The van der Waals surface area contributed by atoms with Gasteiger partial charge in [0.05, 0.1) is 5.69 Å². The molecule has 0 aliphatic heterocycles. The predicted octanol–water partition coefficient (Wildman–Crippen LogP) is 3.09. The number of H-pyrrole nitrogens is 1. The third-order valence-corrected chi connectivity index (χ3v) is 2.75. The van der Waals surface area contributed by atoms with E-state index in [1.165, 1.54) is 17.7 Å². The lowest BCUT2D eigenvalue weighted by molar-refractivity contribution is 1.08. The normalized spacial score (nSPS) is 11.2. The summed E-state index contributed by atoms with van der Waals surface area (Å²) in [6, 6.07) is 0. The van der Waals surface area contributed by atoms with E-state index in [0.29, 0.717) is 0 Å². The van der Waals surface area contributed by atoms with Gasteiger partial charge in [-0.25, -0.2) is 0 Å². The first-order valence-corrected chi connectivity index (χ1v) is 5.74. The largest absolute Gasteiger partial charge is 0.285 e. The maximum atomic E-state index is 4.16. The van der Waals surface area contributed by atoms with E-state index >= 15 is 0 Å². The molecule has 0 aliphatic rings. The second-order valence-electron chi connectivity index (χ2n) is 2.82. The number of nitrogens with one attached hydrogen (secondary N) is 1. The Labute approximate surface area is 83.8 Å². The Hall–Kier alpha value is -0.700. The van der Waals surface area contributed by atoms with Gasteiger partial charge in [-0.05, 0) is 35.6 Å². The van der Waals surface area contributed by atoms with Crippen molar-refractivity contribution in [3.05, 3.63) is 22.9 Å². The van der Waals surface area contributed by atoms with Gasteiger partial charge in [-0.1, -0.05) is 13.8 Å². The third kappa shape index (κ3) is 3.27. The molecule has 0 saturated carbocycles. The molecular formula is C10H16N2S. The van der Waals surface area contributed by atoms with Crippen molar-refractivity contribution in [2.24, 2.45) is 0 Å². The van der Waals surface area contributed by atoms with Crippen molar-refractivity contribution in [2.45, 2.75) is 26.7 Å². The van der Waals surface area contributed by atoms with Crippen LogP contribution in [0.15, 0.2) is 11.6 Å². The highest BCUT2D eigenvalue weighted by atomic mass is 32.2. The molecule has 0 radical (unpaired) electrons. The number of thioether (sulfide) groups is 1. The van der Waals surface area contributed by atoms with Gasteiger partial charge in [-0.2, -0.15) is 5.10 Å². The smallest absolute Gasteiger partial charge is 0.0885 e. The summed E-state index contributed by atoms with van der Waals surface area (Å²) in [7, 11) is 0.